The van der Waals surface area contributed by atoms with Gasteiger partial charge in [-0.15, -0.1) is 0 Å². The van der Waals surface area contributed by atoms with Crippen LogP contribution in [0, 0.1) is 5.41 Å². The lowest BCUT2D eigenvalue weighted by Crippen LogP contribution is -2.48. The molecule has 1 nitrogen and oxygen atoms in total. The van der Waals surface area contributed by atoms with Gasteiger partial charge in [-0.1, -0.05) is 26.2 Å². The maximum atomic E-state index is 10.3. The van der Waals surface area contributed by atoms with E-state index in [4.69, 9.17) is 0 Å². The molecule has 0 aromatic heterocycles. The zero-order valence-electron chi connectivity index (χ0n) is 7.40. The maximum absolute atomic E-state index is 10.3. The molecule has 2 aliphatic rings. The van der Waals surface area contributed by atoms with Crippen LogP contribution in [-0.4, -0.2) is 10.7 Å². The van der Waals surface area contributed by atoms with Gasteiger partial charge in [0.25, 0.3) is 0 Å². The average molecular weight is 154 g/mol. The molecule has 2 aliphatic carbocycles. The molecule has 64 valence electrons. The number of rotatable bonds is 1. The van der Waals surface area contributed by atoms with Crippen LogP contribution in [0.15, 0.2) is 0 Å². The predicted octanol–water partition coefficient (Wildman–Crippen LogP) is 2.48. The minimum atomic E-state index is -0.273. The van der Waals surface area contributed by atoms with Crippen molar-refractivity contribution in [2.75, 3.05) is 0 Å². The SMILES string of the molecule is CC1(C2(O)CCCC2)CCC1. The third kappa shape index (κ3) is 0.936. The van der Waals surface area contributed by atoms with E-state index >= 15 is 0 Å². The molecule has 1 N–H and O–H groups in total. The molecule has 2 saturated carbocycles. The summed E-state index contributed by atoms with van der Waals surface area (Å²) in [6, 6.07) is 0. The minimum absolute atomic E-state index is 0.273. The highest BCUT2D eigenvalue weighted by molar-refractivity contribution is 5.03. The Morgan fingerprint density at radius 2 is 1.45 bits per heavy atom. The second-order valence-corrected chi connectivity index (χ2v) is 4.65. The van der Waals surface area contributed by atoms with Gasteiger partial charge in [0.2, 0.25) is 0 Å². The molecule has 0 saturated heterocycles. The van der Waals surface area contributed by atoms with Gasteiger partial charge in [-0.25, -0.2) is 0 Å². The first-order valence-corrected chi connectivity index (χ1v) is 4.89. The fourth-order valence-corrected chi connectivity index (χ4v) is 2.74. The Labute approximate surface area is 68.8 Å². The lowest BCUT2D eigenvalue weighted by atomic mass is 9.59. The zero-order valence-corrected chi connectivity index (χ0v) is 7.40. The molecular weight excluding hydrogens is 136 g/mol. The van der Waals surface area contributed by atoms with E-state index in [2.05, 4.69) is 6.92 Å². The summed E-state index contributed by atoms with van der Waals surface area (Å²) < 4.78 is 0. The van der Waals surface area contributed by atoms with Crippen LogP contribution in [0.1, 0.15) is 51.9 Å². The van der Waals surface area contributed by atoms with Crippen molar-refractivity contribution in [1.29, 1.82) is 0 Å². The van der Waals surface area contributed by atoms with Crippen molar-refractivity contribution >= 4 is 0 Å². The van der Waals surface area contributed by atoms with Crippen molar-refractivity contribution in [2.45, 2.75) is 57.5 Å². The van der Waals surface area contributed by atoms with Gasteiger partial charge in [0, 0.05) is 0 Å². The first-order valence-electron chi connectivity index (χ1n) is 4.89. The summed E-state index contributed by atoms with van der Waals surface area (Å²) in [7, 11) is 0. The lowest BCUT2D eigenvalue weighted by Gasteiger charge is -2.49. The Bertz CT molecular complexity index is 152. The first kappa shape index (κ1) is 7.60. The Morgan fingerprint density at radius 3 is 1.82 bits per heavy atom. The molecule has 1 heteroatoms. The molecule has 2 rings (SSSR count). The molecule has 0 unspecified atom stereocenters. The molecule has 0 radical (unpaired) electrons. The Hall–Kier alpha value is -0.0400. The summed E-state index contributed by atoms with van der Waals surface area (Å²) in [6.45, 7) is 2.27. The zero-order chi connectivity index (χ0) is 7.95. The van der Waals surface area contributed by atoms with Crippen molar-refractivity contribution in [1.82, 2.24) is 0 Å². The highest BCUT2D eigenvalue weighted by atomic mass is 16.3. The van der Waals surface area contributed by atoms with Crippen LogP contribution in [0.4, 0.5) is 0 Å². The van der Waals surface area contributed by atoms with E-state index in [1.54, 1.807) is 0 Å². The van der Waals surface area contributed by atoms with Crippen molar-refractivity contribution in [2.24, 2.45) is 5.41 Å². The van der Waals surface area contributed by atoms with Gasteiger partial charge in [-0.3, -0.25) is 0 Å². The highest BCUT2D eigenvalue weighted by Crippen LogP contribution is 2.54. The second-order valence-electron chi connectivity index (χ2n) is 4.65. The fraction of sp³-hybridized carbons (Fsp3) is 1.00. The summed E-state index contributed by atoms with van der Waals surface area (Å²) in [5, 5.41) is 10.3. The van der Waals surface area contributed by atoms with E-state index in [9.17, 15) is 5.11 Å². The smallest absolute Gasteiger partial charge is 0.0701 e. The normalized spacial score (nSPS) is 33.3. The minimum Gasteiger partial charge on any atom is -0.389 e. The molecule has 0 spiro atoms. The molecule has 0 aromatic carbocycles. The maximum Gasteiger partial charge on any atom is 0.0701 e. The predicted molar refractivity (Wildman–Crippen MR) is 45.4 cm³/mol. The third-order valence-electron chi connectivity index (χ3n) is 4.01. The standard InChI is InChI=1S/C10H18O/c1-9(5-4-6-9)10(11)7-2-3-8-10/h11H,2-8H2,1H3. The van der Waals surface area contributed by atoms with Crippen LogP contribution in [0.2, 0.25) is 0 Å². The van der Waals surface area contributed by atoms with E-state index in [-0.39, 0.29) is 5.60 Å². The topological polar surface area (TPSA) is 20.2 Å². The number of hydrogen-bond donors (Lipinski definition) is 1. The summed E-state index contributed by atoms with van der Waals surface area (Å²) >= 11 is 0. The fourth-order valence-electron chi connectivity index (χ4n) is 2.74. The van der Waals surface area contributed by atoms with E-state index in [1.807, 2.05) is 0 Å². The first-order chi connectivity index (χ1) is 5.16. The van der Waals surface area contributed by atoms with Crippen molar-refractivity contribution in [3.05, 3.63) is 0 Å². The van der Waals surface area contributed by atoms with Gasteiger partial charge in [0.15, 0.2) is 0 Å². The van der Waals surface area contributed by atoms with Gasteiger partial charge in [0.1, 0.15) is 0 Å². The molecule has 2 fully saturated rings. The Balaban J connectivity index is 2.11. The van der Waals surface area contributed by atoms with Crippen LogP contribution in [0.25, 0.3) is 0 Å². The van der Waals surface area contributed by atoms with Gasteiger partial charge in [0.05, 0.1) is 5.60 Å². The van der Waals surface area contributed by atoms with Crippen molar-refractivity contribution in [3.63, 3.8) is 0 Å². The van der Waals surface area contributed by atoms with E-state index in [0.29, 0.717) is 5.41 Å². The quantitative estimate of drug-likeness (QED) is 0.615. The van der Waals surface area contributed by atoms with E-state index < -0.39 is 0 Å². The summed E-state index contributed by atoms with van der Waals surface area (Å²) in [5.74, 6) is 0. The molecule has 0 atom stereocenters. The van der Waals surface area contributed by atoms with Crippen molar-refractivity contribution in [3.8, 4) is 0 Å². The molecule has 0 aliphatic heterocycles. The average Bonchev–Trinajstić information content (AvgIpc) is 2.32. The molecular formula is C10H18O. The van der Waals surface area contributed by atoms with Gasteiger partial charge in [-0.2, -0.15) is 0 Å². The molecule has 0 heterocycles. The second kappa shape index (κ2) is 2.22. The molecule has 0 aromatic rings. The third-order valence-corrected chi connectivity index (χ3v) is 4.01. The van der Waals surface area contributed by atoms with Crippen LogP contribution in [0.5, 0.6) is 0 Å². The van der Waals surface area contributed by atoms with Crippen LogP contribution in [-0.2, 0) is 0 Å². The van der Waals surface area contributed by atoms with Gasteiger partial charge >= 0.3 is 0 Å². The van der Waals surface area contributed by atoms with Crippen LogP contribution >= 0.6 is 0 Å². The van der Waals surface area contributed by atoms with E-state index in [1.165, 1.54) is 32.1 Å². The van der Waals surface area contributed by atoms with Gasteiger partial charge < -0.3 is 5.11 Å². The van der Waals surface area contributed by atoms with Crippen LogP contribution < -0.4 is 0 Å². The highest BCUT2D eigenvalue weighted by Gasteiger charge is 2.51. The number of hydrogen-bond acceptors (Lipinski definition) is 1. The summed E-state index contributed by atoms with van der Waals surface area (Å²) in [5.41, 5.74) is 0.0226. The number of aliphatic hydroxyl groups is 1. The lowest BCUT2D eigenvalue weighted by molar-refractivity contribution is -0.112. The summed E-state index contributed by atoms with van der Waals surface area (Å²) in [6.07, 6.45) is 8.44. The molecule has 0 bridgehead atoms. The van der Waals surface area contributed by atoms with E-state index in [0.717, 1.165) is 12.8 Å². The molecule has 11 heavy (non-hydrogen) atoms. The van der Waals surface area contributed by atoms with Crippen molar-refractivity contribution < 1.29 is 5.11 Å². The monoisotopic (exact) mass is 154 g/mol. The Kier molecular flexibility index (Phi) is 1.54. The van der Waals surface area contributed by atoms with Crippen LogP contribution in [0.3, 0.4) is 0 Å². The molecule has 0 amide bonds. The Morgan fingerprint density at radius 1 is 0.909 bits per heavy atom. The summed E-state index contributed by atoms with van der Waals surface area (Å²) in [4.78, 5) is 0. The van der Waals surface area contributed by atoms with Gasteiger partial charge in [-0.05, 0) is 31.1 Å². The largest absolute Gasteiger partial charge is 0.389 e.